The van der Waals surface area contributed by atoms with Crippen LogP contribution in [0.4, 0.5) is 0 Å². The maximum Gasteiger partial charge on any atom is 0.250 e. The molecule has 1 atom stereocenters. The van der Waals surface area contributed by atoms with Gasteiger partial charge in [0.05, 0.1) is 5.69 Å². The summed E-state index contributed by atoms with van der Waals surface area (Å²) < 4.78 is 5.38. The first kappa shape index (κ1) is 16.4. The maximum absolute atomic E-state index is 12.3. The van der Waals surface area contributed by atoms with Gasteiger partial charge in [-0.1, -0.05) is 6.07 Å². The zero-order valence-electron chi connectivity index (χ0n) is 13.3. The molecule has 1 saturated heterocycles. The standard InChI is InChI=1S/C16H23N3O3/c1-11(20)17-15(16(21)19(2)3)14-6-4-5-13(18-14)12-7-9-22-10-8-12/h4-6,12,15H,7-10H2,1-3H3,(H,17,20). The van der Waals surface area contributed by atoms with Gasteiger partial charge in [-0.3, -0.25) is 14.6 Å². The Morgan fingerprint density at radius 3 is 2.59 bits per heavy atom. The van der Waals surface area contributed by atoms with Gasteiger partial charge in [-0.2, -0.15) is 0 Å². The summed E-state index contributed by atoms with van der Waals surface area (Å²) in [5, 5.41) is 2.69. The first-order valence-electron chi connectivity index (χ1n) is 7.52. The van der Waals surface area contributed by atoms with Crippen molar-refractivity contribution >= 4 is 11.8 Å². The Morgan fingerprint density at radius 1 is 1.32 bits per heavy atom. The van der Waals surface area contributed by atoms with Gasteiger partial charge < -0.3 is 15.0 Å². The van der Waals surface area contributed by atoms with Crippen molar-refractivity contribution in [1.82, 2.24) is 15.2 Å². The second-order valence-electron chi connectivity index (χ2n) is 5.74. The van der Waals surface area contributed by atoms with Crippen molar-refractivity contribution in [3.8, 4) is 0 Å². The molecule has 1 aromatic heterocycles. The number of hydrogen-bond donors (Lipinski definition) is 1. The van der Waals surface area contributed by atoms with Gasteiger partial charge in [0.15, 0.2) is 6.04 Å². The molecule has 0 aliphatic carbocycles. The van der Waals surface area contributed by atoms with E-state index in [2.05, 4.69) is 10.3 Å². The Labute approximate surface area is 130 Å². The van der Waals surface area contributed by atoms with Crippen LogP contribution in [-0.2, 0) is 14.3 Å². The number of carbonyl (C=O) groups is 2. The summed E-state index contributed by atoms with van der Waals surface area (Å²) >= 11 is 0. The van der Waals surface area contributed by atoms with Gasteiger partial charge in [0, 0.05) is 45.8 Å². The van der Waals surface area contributed by atoms with E-state index in [4.69, 9.17) is 4.74 Å². The minimum atomic E-state index is -0.743. The number of nitrogens with one attached hydrogen (secondary N) is 1. The van der Waals surface area contributed by atoms with E-state index in [1.54, 1.807) is 20.2 Å². The third-order valence-electron chi connectivity index (χ3n) is 3.76. The Kier molecular flexibility index (Phi) is 5.49. The van der Waals surface area contributed by atoms with E-state index in [-0.39, 0.29) is 11.8 Å². The molecule has 0 saturated carbocycles. The molecule has 22 heavy (non-hydrogen) atoms. The van der Waals surface area contributed by atoms with Crippen molar-refractivity contribution in [3.63, 3.8) is 0 Å². The number of hydrogen-bond acceptors (Lipinski definition) is 4. The minimum absolute atomic E-state index is 0.188. The summed E-state index contributed by atoms with van der Waals surface area (Å²) in [5.41, 5.74) is 1.54. The van der Waals surface area contributed by atoms with Gasteiger partial charge in [0.25, 0.3) is 5.91 Å². The molecule has 2 rings (SSSR count). The van der Waals surface area contributed by atoms with Crippen molar-refractivity contribution in [2.75, 3.05) is 27.3 Å². The third-order valence-corrected chi connectivity index (χ3v) is 3.76. The smallest absolute Gasteiger partial charge is 0.250 e. The quantitative estimate of drug-likeness (QED) is 0.908. The number of amides is 2. The molecule has 1 N–H and O–H groups in total. The number of pyridine rings is 1. The monoisotopic (exact) mass is 305 g/mol. The number of carbonyl (C=O) groups excluding carboxylic acids is 2. The van der Waals surface area contributed by atoms with E-state index < -0.39 is 6.04 Å². The molecule has 6 heteroatoms. The zero-order chi connectivity index (χ0) is 16.1. The molecule has 2 amide bonds. The highest BCUT2D eigenvalue weighted by Crippen LogP contribution is 2.26. The van der Waals surface area contributed by atoms with Crippen LogP contribution >= 0.6 is 0 Å². The Morgan fingerprint density at radius 2 is 2.00 bits per heavy atom. The molecule has 0 bridgehead atoms. The number of rotatable bonds is 4. The summed E-state index contributed by atoms with van der Waals surface area (Å²) in [7, 11) is 3.33. The number of likely N-dealkylation sites (N-methyl/N-ethyl adjacent to an activating group) is 1. The van der Waals surface area contributed by atoms with Crippen molar-refractivity contribution in [1.29, 1.82) is 0 Å². The van der Waals surface area contributed by atoms with Gasteiger partial charge in [-0.05, 0) is 25.0 Å². The average molecular weight is 305 g/mol. The molecule has 6 nitrogen and oxygen atoms in total. The van der Waals surface area contributed by atoms with E-state index >= 15 is 0 Å². The van der Waals surface area contributed by atoms with Gasteiger partial charge >= 0.3 is 0 Å². The molecule has 1 aliphatic rings. The molecule has 1 fully saturated rings. The number of nitrogens with zero attached hydrogens (tertiary/aromatic N) is 2. The average Bonchev–Trinajstić information content (AvgIpc) is 2.52. The summed E-state index contributed by atoms with van der Waals surface area (Å²) in [4.78, 5) is 29.8. The van der Waals surface area contributed by atoms with Gasteiger partial charge in [-0.25, -0.2) is 0 Å². The van der Waals surface area contributed by atoms with E-state index in [9.17, 15) is 9.59 Å². The van der Waals surface area contributed by atoms with Gasteiger partial charge in [0.1, 0.15) is 0 Å². The Bertz CT molecular complexity index is 539. The lowest BCUT2D eigenvalue weighted by molar-refractivity contribution is -0.134. The van der Waals surface area contributed by atoms with Gasteiger partial charge in [0.2, 0.25) is 5.91 Å². The lowest BCUT2D eigenvalue weighted by Gasteiger charge is -2.24. The molecule has 1 aliphatic heterocycles. The van der Waals surface area contributed by atoms with Gasteiger partial charge in [-0.15, -0.1) is 0 Å². The van der Waals surface area contributed by atoms with Crippen molar-refractivity contribution in [2.45, 2.75) is 31.7 Å². The van der Waals surface area contributed by atoms with Crippen LogP contribution < -0.4 is 5.32 Å². The fourth-order valence-corrected chi connectivity index (χ4v) is 2.57. The zero-order valence-corrected chi connectivity index (χ0v) is 13.3. The van der Waals surface area contributed by atoms with E-state index in [1.165, 1.54) is 11.8 Å². The van der Waals surface area contributed by atoms with Crippen LogP contribution in [0.3, 0.4) is 0 Å². The van der Waals surface area contributed by atoms with Crippen molar-refractivity contribution in [2.24, 2.45) is 0 Å². The fourth-order valence-electron chi connectivity index (χ4n) is 2.57. The first-order valence-corrected chi connectivity index (χ1v) is 7.52. The van der Waals surface area contributed by atoms with Crippen LogP contribution in [0.1, 0.15) is 43.1 Å². The molecule has 1 unspecified atom stereocenters. The predicted octanol–water partition coefficient (Wildman–Crippen LogP) is 1.24. The molecular formula is C16H23N3O3. The number of ether oxygens (including phenoxy) is 1. The lowest BCUT2D eigenvalue weighted by atomic mass is 9.95. The summed E-state index contributed by atoms with van der Waals surface area (Å²) in [6.07, 6.45) is 1.87. The van der Waals surface area contributed by atoms with E-state index in [0.29, 0.717) is 11.6 Å². The van der Waals surface area contributed by atoms with E-state index in [1.807, 2.05) is 12.1 Å². The molecule has 0 aromatic carbocycles. The molecule has 1 aromatic rings. The Hall–Kier alpha value is -1.95. The lowest BCUT2D eigenvalue weighted by Crippen LogP contribution is -2.39. The topological polar surface area (TPSA) is 71.5 Å². The summed E-state index contributed by atoms with van der Waals surface area (Å²) in [5.74, 6) is -0.0913. The highest BCUT2D eigenvalue weighted by Gasteiger charge is 2.26. The molecule has 0 radical (unpaired) electrons. The second kappa shape index (κ2) is 7.35. The van der Waals surface area contributed by atoms with Crippen LogP contribution in [0.5, 0.6) is 0 Å². The SMILES string of the molecule is CC(=O)NC(C(=O)N(C)C)c1cccc(C2CCOCC2)n1. The largest absolute Gasteiger partial charge is 0.381 e. The second-order valence-corrected chi connectivity index (χ2v) is 5.74. The van der Waals surface area contributed by atoms with Crippen LogP contribution in [0.15, 0.2) is 18.2 Å². The molecule has 120 valence electrons. The summed E-state index contributed by atoms with van der Waals surface area (Å²) in [6.45, 7) is 2.88. The highest BCUT2D eigenvalue weighted by atomic mass is 16.5. The molecular weight excluding hydrogens is 282 g/mol. The molecule has 0 spiro atoms. The molecule has 2 heterocycles. The normalized spacial score (nSPS) is 16.9. The van der Waals surface area contributed by atoms with Crippen LogP contribution in [0.25, 0.3) is 0 Å². The number of aromatic nitrogens is 1. The minimum Gasteiger partial charge on any atom is -0.381 e. The van der Waals surface area contributed by atoms with Crippen LogP contribution in [-0.4, -0.2) is 49.0 Å². The fraction of sp³-hybridized carbons (Fsp3) is 0.562. The maximum atomic E-state index is 12.3. The third kappa shape index (κ3) is 4.04. The first-order chi connectivity index (χ1) is 10.5. The van der Waals surface area contributed by atoms with E-state index in [0.717, 1.165) is 31.7 Å². The summed E-state index contributed by atoms with van der Waals surface area (Å²) in [6, 6.07) is 4.91. The van der Waals surface area contributed by atoms with Crippen molar-refractivity contribution < 1.29 is 14.3 Å². The van der Waals surface area contributed by atoms with Crippen molar-refractivity contribution in [3.05, 3.63) is 29.6 Å². The highest BCUT2D eigenvalue weighted by molar-refractivity contribution is 5.87. The van der Waals surface area contributed by atoms with Crippen LogP contribution in [0.2, 0.25) is 0 Å². The Balaban J connectivity index is 2.26. The van der Waals surface area contributed by atoms with Crippen LogP contribution in [0, 0.1) is 0 Å². The predicted molar refractivity (Wildman–Crippen MR) is 82.3 cm³/mol.